The van der Waals surface area contributed by atoms with Gasteiger partial charge < -0.3 is 5.11 Å². The van der Waals surface area contributed by atoms with Crippen LogP contribution in [0, 0.1) is 0 Å². The molecule has 2 aromatic rings. The van der Waals surface area contributed by atoms with Gasteiger partial charge in [-0.25, -0.2) is 18.2 Å². The summed E-state index contributed by atoms with van der Waals surface area (Å²) in [6, 6.07) is 7.68. The normalized spacial score (nSPS) is 11.3. The average Bonchev–Trinajstić information content (AvgIpc) is 2.40. The van der Waals surface area contributed by atoms with Gasteiger partial charge in [0.2, 0.25) is 0 Å². The van der Waals surface area contributed by atoms with Gasteiger partial charge in [0, 0.05) is 21.8 Å². The zero-order valence-corrected chi connectivity index (χ0v) is 14.0. The van der Waals surface area contributed by atoms with Crippen molar-refractivity contribution in [3.8, 4) is 0 Å². The van der Waals surface area contributed by atoms with Crippen LogP contribution in [-0.2, 0) is 9.84 Å². The highest BCUT2D eigenvalue weighted by Crippen LogP contribution is 2.30. The van der Waals surface area contributed by atoms with Crippen molar-refractivity contribution in [2.75, 3.05) is 6.26 Å². The van der Waals surface area contributed by atoms with E-state index in [-0.39, 0.29) is 10.5 Å². The minimum absolute atomic E-state index is 0.0848. The van der Waals surface area contributed by atoms with Crippen molar-refractivity contribution >= 4 is 43.5 Å². The first kappa shape index (κ1) is 16.0. The molecule has 0 aliphatic carbocycles. The first-order valence-corrected chi connectivity index (χ1v) is 9.14. The molecule has 1 aromatic carbocycles. The van der Waals surface area contributed by atoms with Gasteiger partial charge in [0.05, 0.1) is 10.5 Å². The Morgan fingerprint density at radius 2 is 1.90 bits per heavy atom. The Morgan fingerprint density at radius 1 is 1.29 bits per heavy atom. The van der Waals surface area contributed by atoms with E-state index in [0.29, 0.717) is 14.4 Å². The second-order valence-corrected chi connectivity index (χ2v) is 8.15. The third kappa shape index (κ3) is 4.05. The Labute approximate surface area is 134 Å². The molecule has 0 saturated carbocycles. The van der Waals surface area contributed by atoms with Gasteiger partial charge in [-0.1, -0.05) is 11.8 Å². The molecular weight excluding hydrogens is 378 g/mol. The van der Waals surface area contributed by atoms with E-state index in [9.17, 15) is 13.2 Å². The Kier molecular flexibility index (Phi) is 4.70. The first-order valence-electron chi connectivity index (χ1n) is 5.64. The highest BCUT2D eigenvalue weighted by Gasteiger charge is 2.14. The maximum absolute atomic E-state index is 11.4. The quantitative estimate of drug-likeness (QED) is 0.867. The van der Waals surface area contributed by atoms with E-state index in [1.54, 1.807) is 12.1 Å². The Balaban J connectivity index is 2.33. The standard InChI is InChI=1S/C13H10BrNO4S2/c1-21(18,19)10-4-2-9(3-5-10)20-12-11(13(16)17)6-8(14)7-15-12/h2-7H,1H3,(H,16,17). The predicted octanol–water partition coefficient (Wildman–Crippen LogP) is 3.10. The number of hydrogen-bond acceptors (Lipinski definition) is 5. The molecule has 0 bridgehead atoms. The number of aromatic carboxylic acids is 1. The fourth-order valence-corrected chi connectivity index (χ4v) is 3.35. The van der Waals surface area contributed by atoms with E-state index in [1.165, 1.54) is 24.4 Å². The molecule has 8 heteroatoms. The van der Waals surface area contributed by atoms with Gasteiger partial charge in [0.15, 0.2) is 9.84 Å². The molecule has 110 valence electrons. The van der Waals surface area contributed by atoms with E-state index in [2.05, 4.69) is 20.9 Å². The van der Waals surface area contributed by atoms with Crippen LogP contribution in [0.4, 0.5) is 0 Å². The summed E-state index contributed by atoms with van der Waals surface area (Å²) in [5.74, 6) is -1.07. The fourth-order valence-electron chi connectivity index (χ4n) is 1.53. The van der Waals surface area contributed by atoms with Crippen molar-refractivity contribution in [2.45, 2.75) is 14.8 Å². The number of rotatable bonds is 4. The molecule has 0 atom stereocenters. The van der Waals surface area contributed by atoms with Gasteiger partial charge in [0.25, 0.3) is 0 Å². The van der Waals surface area contributed by atoms with Crippen LogP contribution in [0.25, 0.3) is 0 Å². The van der Waals surface area contributed by atoms with Crippen molar-refractivity contribution in [3.05, 3.63) is 46.6 Å². The number of carboxylic acid groups (broad SMARTS) is 1. The van der Waals surface area contributed by atoms with Gasteiger partial charge in [0.1, 0.15) is 5.03 Å². The SMILES string of the molecule is CS(=O)(=O)c1ccc(Sc2ncc(Br)cc2C(=O)O)cc1. The van der Waals surface area contributed by atoms with E-state index >= 15 is 0 Å². The summed E-state index contributed by atoms with van der Waals surface area (Å²) >= 11 is 4.34. The molecular formula is C13H10BrNO4S2. The lowest BCUT2D eigenvalue weighted by atomic mass is 10.3. The minimum Gasteiger partial charge on any atom is -0.478 e. The molecule has 0 amide bonds. The van der Waals surface area contributed by atoms with Crippen molar-refractivity contribution in [1.29, 1.82) is 0 Å². The molecule has 0 unspecified atom stereocenters. The third-order valence-corrected chi connectivity index (χ3v) is 5.10. The third-order valence-electron chi connectivity index (χ3n) is 2.51. The lowest BCUT2D eigenvalue weighted by Crippen LogP contribution is -2.01. The van der Waals surface area contributed by atoms with Crippen molar-refractivity contribution in [2.24, 2.45) is 0 Å². The fraction of sp³-hybridized carbons (Fsp3) is 0.0769. The van der Waals surface area contributed by atoms with Crippen LogP contribution in [0.15, 0.2) is 55.8 Å². The smallest absolute Gasteiger partial charge is 0.338 e. The summed E-state index contributed by atoms with van der Waals surface area (Å²) in [6.07, 6.45) is 2.65. The zero-order valence-electron chi connectivity index (χ0n) is 10.8. The van der Waals surface area contributed by atoms with E-state index in [4.69, 9.17) is 5.11 Å². The number of nitrogens with zero attached hydrogens (tertiary/aromatic N) is 1. The molecule has 0 spiro atoms. The molecule has 1 N–H and O–H groups in total. The van der Waals surface area contributed by atoms with Crippen molar-refractivity contribution in [1.82, 2.24) is 4.98 Å². The highest BCUT2D eigenvalue weighted by atomic mass is 79.9. The lowest BCUT2D eigenvalue weighted by molar-refractivity contribution is 0.0692. The second-order valence-electron chi connectivity index (χ2n) is 4.16. The summed E-state index contributed by atoms with van der Waals surface area (Å²) in [5, 5.41) is 9.51. The molecule has 21 heavy (non-hydrogen) atoms. The van der Waals surface area contributed by atoms with Gasteiger partial charge >= 0.3 is 5.97 Å². The molecule has 0 aliphatic rings. The highest BCUT2D eigenvalue weighted by molar-refractivity contribution is 9.10. The molecule has 0 aliphatic heterocycles. The van der Waals surface area contributed by atoms with Gasteiger partial charge in [-0.3, -0.25) is 0 Å². The molecule has 2 rings (SSSR count). The van der Waals surface area contributed by atoms with E-state index in [1.807, 2.05) is 0 Å². The van der Waals surface area contributed by atoms with Gasteiger partial charge in [-0.15, -0.1) is 0 Å². The number of benzene rings is 1. The van der Waals surface area contributed by atoms with Crippen LogP contribution >= 0.6 is 27.7 Å². The van der Waals surface area contributed by atoms with Crippen LogP contribution in [0.3, 0.4) is 0 Å². The molecule has 0 saturated heterocycles. The van der Waals surface area contributed by atoms with Crippen LogP contribution in [0.1, 0.15) is 10.4 Å². The molecule has 5 nitrogen and oxygen atoms in total. The average molecular weight is 388 g/mol. The largest absolute Gasteiger partial charge is 0.478 e. The second kappa shape index (κ2) is 6.17. The Morgan fingerprint density at radius 3 is 2.43 bits per heavy atom. The summed E-state index contributed by atoms with van der Waals surface area (Å²) in [6.45, 7) is 0. The van der Waals surface area contributed by atoms with Crippen LogP contribution < -0.4 is 0 Å². The first-order chi connectivity index (χ1) is 9.77. The van der Waals surface area contributed by atoms with Crippen LogP contribution in [0.2, 0.25) is 0 Å². The Hall–Kier alpha value is -1.38. The monoisotopic (exact) mass is 387 g/mol. The Bertz CT molecular complexity index is 788. The molecule has 0 fully saturated rings. The molecule has 1 aromatic heterocycles. The maximum Gasteiger partial charge on any atom is 0.338 e. The van der Waals surface area contributed by atoms with Crippen molar-refractivity contribution < 1.29 is 18.3 Å². The summed E-state index contributed by atoms with van der Waals surface area (Å²) < 4.78 is 23.3. The number of carbonyl (C=O) groups is 1. The van der Waals surface area contributed by atoms with Gasteiger partial charge in [-0.05, 0) is 46.3 Å². The van der Waals surface area contributed by atoms with Gasteiger partial charge in [-0.2, -0.15) is 0 Å². The zero-order chi connectivity index (χ0) is 15.6. The van der Waals surface area contributed by atoms with E-state index in [0.717, 1.165) is 18.0 Å². The van der Waals surface area contributed by atoms with Crippen molar-refractivity contribution in [3.63, 3.8) is 0 Å². The predicted molar refractivity (Wildman–Crippen MR) is 82.6 cm³/mol. The number of sulfone groups is 1. The van der Waals surface area contributed by atoms with Crippen LogP contribution in [0.5, 0.6) is 0 Å². The number of halogens is 1. The summed E-state index contributed by atoms with van der Waals surface area (Å²) in [7, 11) is -3.24. The number of carboxylic acids is 1. The number of hydrogen-bond donors (Lipinski definition) is 1. The van der Waals surface area contributed by atoms with Crippen LogP contribution in [-0.4, -0.2) is 30.7 Å². The molecule has 1 heterocycles. The number of pyridine rings is 1. The summed E-state index contributed by atoms with van der Waals surface area (Å²) in [4.78, 5) is 16.2. The molecule has 0 radical (unpaired) electrons. The topological polar surface area (TPSA) is 84.3 Å². The summed E-state index contributed by atoms with van der Waals surface area (Å²) in [5.41, 5.74) is 0.0848. The van der Waals surface area contributed by atoms with E-state index < -0.39 is 15.8 Å². The lowest BCUT2D eigenvalue weighted by Gasteiger charge is -2.06. The number of aromatic nitrogens is 1. The minimum atomic E-state index is -3.24. The maximum atomic E-state index is 11.4.